The molecule has 64 heavy (non-hydrogen) atoms. The maximum absolute atomic E-state index is 13.1. The van der Waals surface area contributed by atoms with Crippen LogP contribution >= 0.6 is 0 Å². The van der Waals surface area contributed by atoms with Crippen LogP contribution in [0.4, 0.5) is 11.4 Å². The summed E-state index contributed by atoms with van der Waals surface area (Å²) in [4.78, 5) is 43.4. The number of benzene rings is 5. The Labute approximate surface area is 376 Å². The molecule has 330 valence electrons. The first-order chi connectivity index (χ1) is 31.0. The molecular formula is C54H57N3O7. The van der Waals surface area contributed by atoms with Crippen molar-refractivity contribution in [2.24, 2.45) is 0 Å². The molecule has 2 saturated heterocycles. The number of fused-ring (bicyclic) bond motifs is 8. The second kappa shape index (κ2) is 17.5. The SMILES string of the molecule is C=C(C)C(=O)OCCOC(=O)CCC(=O)N1CCN(c2ccc(C3(c4ccccc4)C=Cc4c5c(c6cc(N7CCCCC7)c(OC)cc6c4O3)-c3ccccc3C5(C)C)cc2)CC1. The van der Waals surface area contributed by atoms with E-state index in [0.29, 0.717) is 26.2 Å². The summed E-state index contributed by atoms with van der Waals surface area (Å²) in [5.74, 6) is 0.592. The molecule has 9 rings (SSSR count). The topological polar surface area (TPSA) is 97.8 Å². The van der Waals surface area contributed by atoms with Gasteiger partial charge in [-0.3, -0.25) is 9.59 Å². The van der Waals surface area contributed by atoms with Crippen molar-refractivity contribution < 1.29 is 33.3 Å². The van der Waals surface area contributed by atoms with E-state index in [2.05, 4.69) is 127 Å². The third-order valence-corrected chi connectivity index (χ3v) is 13.5. The summed E-state index contributed by atoms with van der Waals surface area (Å²) in [5, 5.41) is 2.21. The lowest BCUT2D eigenvalue weighted by molar-refractivity contribution is -0.151. The van der Waals surface area contributed by atoms with Gasteiger partial charge in [0, 0.05) is 84.4 Å². The lowest BCUT2D eigenvalue weighted by Crippen LogP contribution is -2.48. The van der Waals surface area contributed by atoms with E-state index in [9.17, 15) is 14.4 Å². The third-order valence-electron chi connectivity index (χ3n) is 13.5. The number of piperazine rings is 1. The van der Waals surface area contributed by atoms with Gasteiger partial charge in [-0.1, -0.05) is 93.2 Å². The van der Waals surface area contributed by atoms with Gasteiger partial charge in [-0.15, -0.1) is 0 Å². The number of carbonyl (C=O) groups excluding carboxylic acids is 3. The Morgan fingerprint density at radius 3 is 2.16 bits per heavy atom. The van der Waals surface area contributed by atoms with Crippen LogP contribution in [0, 0.1) is 0 Å². The van der Waals surface area contributed by atoms with Gasteiger partial charge >= 0.3 is 11.9 Å². The largest absolute Gasteiger partial charge is 0.495 e. The average molecular weight is 860 g/mol. The number of anilines is 2. The molecule has 0 bridgehead atoms. The van der Waals surface area contributed by atoms with Crippen LogP contribution in [0.1, 0.15) is 80.7 Å². The van der Waals surface area contributed by atoms with Crippen molar-refractivity contribution in [3.05, 3.63) is 137 Å². The molecule has 5 aromatic rings. The fourth-order valence-electron chi connectivity index (χ4n) is 10.2. The Hall–Kier alpha value is -6.55. The molecule has 2 fully saturated rings. The molecule has 0 saturated carbocycles. The lowest BCUT2D eigenvalue weighted by Gasteiger charge is -2.39. The molecule has 4 aliphatic rings. The number of hydrogen-bond acceptors (Lipinski definition) is 9. The Bertz CT molecular complexity index is 2640. The molecular weight excluding hydrogens is 803 g/mol. The zero-order valence-electron chi connectivity index (χ0n) is 37.4. The van der Waals surface area contributed by atoms with E-state index >= 15 is 0 Å². The highest BCUT2D eigenvalue weighted by Crippen LogP contribution is 2.59. The van der Waals surface area contributed by atoms with Crippen molar-refractivity contribution in [2.75, 3.05) is 69.4 Å². The highest BCUT2D eigenvalue weighted by molar-refractivity contribution is 6.10. The quantitative estimate of drug-likeness (QED) is 0.0691. The summed E-state index contributed by atoms with van der Waals surface area (Å²) in [6.07, 6.45) is 8.16. The minimum absolute atomic E-state index is 0.0318. The van der Waals surface area contributed by atoms with Crippen LogP contribution in [0.5, 0.6) is 11.5 Å². The lowest BCUT2D eigenvalue weighted by atomic mass is 9.76. The molecule has 1 unspecified atom stereocenters. The normalized spacial score (nSPS) is 18.4. The van der Waals surface area contributed by atoms with Gasteiger partial charge in [0.05, 0.1) is 19.2 Å². The number of methoxy groups -OCH3 is 1. The molecule has 5 aromatic carbocycles. The van der Waals surface area contributed by atoms with Gasteiger partial charge in [-0.25, -0.2) is 4.79 Å². The van der Waals surface area contributed by atoms with Crippen molar-refractivity contribution in [1.29, 1.82) is 0 Å². The Kier molecular flexibility index (Phi) is 11.7. The first-order valence-electron chi connectivity index (χ1n) is 22.6. The number of rotatable bonds is 12. The molecule has 1 aliphatic carbocycles. The van der Waals surface area contributed by atoms with Crippen molar-refractivity contribution >= 4 is 46.1 Å². The minimum Gasteiger partial charge on any atom is -0.495 e. The molecule has 1 amide bonds. The van der Waals surface area contributed by atoms with Crippen LogP contribution < -0.4 is 19.3 Å². The molecule has 0 radical (unpaired) electrons. The standard InChI is InChI=1S/C54H57N3O7/c1-36(2)52(60)63-33-32-62-48(59)23-22-47(58)57-30-28-55(29-31-57)39-20-18-38(19-21-39)54(37-14-8-6-9-15-37)25-24-41-50-49(40-16-10-11-17-44(40)53(50,3)4)42-34-45(56-26-12-7-13-27-56)46(61-5)35-43(42)51(41)64-54/h6,8-11,14-21,24-25,34-35H,1,7,12-13,22-23,26-33H2,2-5H3. The van der Waals surface area contributed by atoms with Crippen molar-refractivity contribution in [3.63, 3.8) is 0 Å². The van der Waals surface area contributed by atoms with Crippen LogP contribution in [0.2, 0.25) is 0 Å². The smallest absolute Gasteiger partial charge is 0.333 e. The maximum Gasteiger partial charge on any atom is 0.333 e. The predicted molar refractivity (Wildman–Crippen MR) is 252 cm³/mol. The van der Waals surface area contributed by atoms with E-state index < -0.39 is 17.5 Å². The number of amides is 1. The van der Waals surface area contributed by atoms with Gasteiger partial charge in [0.25, 0.3) is 0 Å². The van der Waals surface area contributed by atoms with Crippen LogP contribution in [0.15, 0.2) is 109 Å². The van der Waals surface area contributed by atoms with Gasteiger partial charge in [0.15, 0.2) is 5.60 Å². The van der Waals surface area contributed by atoms with Gasteiger partial charge in [0.2, 0.25) is 5.91 Å². The number of ether oxygens (including phenoxy) is 4. The highest BCUT2D eigenvalue weighted by Gasteiger charge is 2.44. The summed E-state index contributed by atoms with van der Waals surface area (Å²) in [5.41, 5.74) is 9.59. The van der Waals surface area contributed by atoms with E-state index in [1.807, 2.05) is 6.07 Å². The zero-order valence-corrected chi connectivity index (χ0v) is 37.4. The molecule has 10 heteroatoms. The second-order valence-corrected chi connectivity index (χ2v) is 17.9. The van der Waals surface area contributed by atoms with E-state index in [-0.39, 0.29) is 43.0 Å². The fourth-order valence-corrected chi connectivity index (χ4v) is 10.2. The maximum atomic E-state index is 13.1. The molecule has 0 aromatic heterocycles. The number of carbonyl (C=O) groups is 3. The number of nitrogens with zero attached hydrogens (tertiary/aromatic N) is 3. The Balaban J connectivity index is 0.992. The molecule has 3 heterocycles. The van der Waals surface area contributed by atoms with Crippen LogP contribution in [-0.2, 0) is 34.9 Å². The van der Waals surface area contributed by atoms with Crippen molar-refractivity contribution in [3.8, 4) is 22.6 Å². The minimum atomic E-state index is -0.927. The average Bonchev–Trinajstić information content (AvgIpc) is 3.58. The van der Waals surface area contributed by atoms with E-state index in [1.165, 1.54) is 46.9 Å². The summed E-state index contributed by atoms with van der Waals surface area (Å²) in [6, 6.07) is 32.6. The van der Waals surface area contributed by atoms with Crippen molar-refractivity contribution in [2.45, 2.75) is 63.9 Å². The zero-order chi connectivity index (χ0) is 44.6. The Morgan fingerprint density at radius 2 is 1.44 bits per heavy atom. The first-order valence-corrected chi connectivity index (χ1v) is 22.6. The number of hydrogen-bond donors (Lipinski definition) is 0. The summed E-state index contributed by atoms with van der Waals surface area (Å²) in [7, 11) is 1.78. The molecule has 1 atom stereocenters. The monoisotopic (exact) mass is 859 g/mol. The summed E-state index contributed by atoms with van der Waals surface area (Å²) >= 11 is 0. The van der Waals surface area contributed by atoms with Gasteiger partial charge < -0.3 is 33.6 Å². The fraction of sp³-hybridized carbons (Fsp3) is 0.352. The molecule has 0 spiro atoms. The molecule has 0 N–H and O–H groups in total. The Morgan fingerprint density at radius 1 is 0.750 bits per heavy atom. The van der Waals surface area contributed by atoms with Gasteiger partial charge in [0.1, 0.15) is 24.7 Å². The predicted octanol–water partition coefficient (Wildman–Crippen LogP) is 9.59. The summed E-state index contributed by atoms with van der Waals surface area (Å²) < 4.78 is 24.0. The van der Waals surface area contributed by atoms with Crippen LogP contribution in [0.3, 0.4) is 0 Å². The third kappa shape index (κ3) is 7.77. The molecule has 3 aliphatic heterocycles. The highest BCUT2D eigenvalue weighted by atomic mass is 16.6. The first kappa shape index (κ1) is 42.7. The summed E-state index contributed by atoms with van der Waals surface area (Å²) in [6.45, 7) is 14.1. The van der Waals surface area contributed by atoms with Gasteiger partial charge in [-0.2, -0.15) is 0 Å². The van der Waals surface area contributed by atoms with E-state index in [0.717, 1.165) is 58.0 Å². The molecule has 10 nitrogen and oxygen atoms in total. The van der Waals surface area contributed by atoms with E-state index in [1.54, 1.807) is 18.9 Å². The number of piperidine rings is 1. The second-order valence-electron chi connectivity index (χ2n) is 17.9. The number of esters is 2. The van der Waals surface area contributed by atoms with Crippen molar-refractivity contribution in [1.82, 2.24) is 4.90 Å². The van der Waals surface area contributed by atoms with E-state index in [4.69, 9.17) is 18.9 Å². The van der Waals surface area contributed by atoms with Crippen LogP contribution in [0.25, 0.3) is 28.0 Å². The van der Waals surface area contributed by atoms with Gasteiger partial charge in [-0.05, 0) is 84.2 Å². The van der Waals surface area contributed by atoms with Crippen LogP contribution in [-0.4, -0.2) is 82.3 Å².